The first kappa shape index (κ1) is 13.9. The van der Waals surface area contributed by atoms with Crippen LogP contribution in [0.5, 0.6) is 5.75 Å². The third-order valence-corrected chi connectivity index (χ3v) is 4.78. The second-order valence-corrected chi connectivity index (χ2v) is 6.98. The van der Waals surface area contributed by atoms with Gasteiger partial charge < -0.3 is 9.84 Å². The predicted octanol–water partition coefficient (Wildman–Crippen LogP) is 0.171. The van der Waals surface area contributed by atoms with Gasteiger partial charge >= 0.3 is 5.97 Å². The van der Waals surface area contributed by atoms with Crippen molar-refractivity contribution in [2.75, 3.05) is 18.1 Å². The third kappa shape index (κ3) is 4.23. The number of aromatic nitrogens is 2. The van der Waals surface area contributed by atoms with Crippen LogP contribution in [-0.4, -0.2) is 47.4 Å². The van der Waals surface area contributed by atoms with E-state index < -0.39 is 15.8 Å². The standard InChI is InChI=1S/C11H16N2O5S/c14-11(15)7-13-6-10(5-12-13)18-8-9-1-3-19(16,17)4-2-9/h5-6,9H,1-4,7-8H2,(H,14,15). The van der Waals surface area contributed by atoms with Gasteiger partial charge in [0.05, 0.1) is 30.5 Å². The lowest BCUT2D eigenvalue weighted by molar-refractivity contribution is -0.137. The van der Waals surface area contributed by atoms with Crippen LogP contribution in [0.3, 0.4) is 0 Å². The Balaban J connectivity index is 1.79. The van der Waals surface area contributed by atoms with Crippen molar-refractivity contribution in [2.45, 2.75) is 19.4 Å². The van der Waals surface area contributed by atoms with Gasteiger partial charge in [-0.2, -0.15) is 5.10 Å². The number of hydrogen-bond donors (Lipinski definition) is 1. The molecule has 0 saturated carbocycles. The lowest BCUT2D eigenvalue weighted by atomic mass is 10.0. The number of carboxylic acids is 1. The average molecular weight is 288 g/mol. The van der Waals surface area contributed by atoms with Crippen molar-refractivity contribution >= 4 is 15.8 Å². The molecule has 2 rings (SSSR count). The van der Waals surface area contributed by atoms with Gasteiger partial charge in [0.25, 0.3) is 0 Å². The topological polar surface area (TPSA) is 98.5 Å². The molecule has 8 heteroatoms. The molecule has 1 fully saturated rings. The molecule has 0 atom stereocenters. The second-order valence-electron chi connectivity index (χ2n) is 4.67. The Morgan fingerprint density at radius 1 is 1.47 bits per heavy atom. The van der Waals surface area contributed by atoms with Crippen molar-refractivity contribution < 1.29 is 23.1 Å². The van der Waals surface area contributed by atoms with Crippen molar-refractivity contribution in [3.05, 3.63) is 12.4 Å². The van der Waals surface area contributed by atoms with Crippen molar-refractivity contribution in [2.24, 2.45) is 5.92 Å². The summed E-state index contributed by atoms with van der Waals surface area (Å²) in [6.45, 7) is 0.235. The van der Waals surface area contributed by atoms with Gasteiger partial charge in [-0.05, 0) is 18.8 Å². The van der Waals surface area contributed by atoms with E-state index in [9.17, 15) is 13.2 Å². The summed E-state index contributed by atoms with van der Waals surface area (Å²) in [5, 5.41) is 12.5. The predicted molar refractivity (Wildman–Crippen MR) is 66.7 cm³/mol. The summed E-state index contributed by atoms with van der Waals surface area (Å²) < 4.78 is 29.3. The number of sulfone groups is 1. The summed E-state index contributed by atoms with van der Waals surface area (Å²) in [6, 6.07) is 0. The first-order chi connectivity index (χ1) is 8.94. The fraction of sp³-hybridized carbons (Fsp3) is 0.636. The highest BCUT2D eigenvalue weighted by Gasteiger charge is 2.24. The summed E-state index contributed by atoms with van der Waals surface area (Å²) >= 11 is 0. The maximum Gasteiger partial charge on any atom is 0.325 e. The first-order valence-corrected chi connectivity index (χ1v) is 7.84. The highest BCUT2D eigenvalue weighted by molar-refractivity contribution is 7.91. The molecule has 106 valence electrons. The van der Waals surface area contributed by atoms with Gasteiger partial charge in [-0.1, -0.05) is 0 Å². The first-order valence-electron chi connectivity index (χ1n) is 6.02. The fourth-order valence-corrected chi connectivity index (χ4v) is 3.55. The maximum absolute atomic E-state index is 11.3. The minimum absolute atomic E-state index is 0.203. The number of nitrogens with zero attached hydrogens (tertiary/aromatic N) is 2. The van der Waals surface area contributed by atoms with Gasteiger partial charge in [-0.15, -0.1) is 0 Å². The van der Waals surface area contributed by atoms with Crippen LogP contribution in [0.4, 0.5) is 0 Å². The zero-order chi connectivity index (χ0) is 13.9. The molecule has 7 nitrogen and oxygen atoms in total. The molecular weight excluding hydrogens is 272 g/mol. The Labute approximate surface area is 111 Å². The molecule has 19 heavy (non-hydrogen) atoms. The smallest absolute Gasteiger partial charge is 0.325 e. The number of aliphatic carboxylic acids is 1. The van der Waals surface area contributed by atoms with E-state index in [-0.39, 0.29) is 24.0 Å². The van der Waals surface area contributed by atoms with Crippen LogP contribution < -0.4 is 4.74 Å². The van der Waals surface area contributed by atoms with E-state index >= 15 is 0 Å². The number of carboxylic acid groups (broad SMARTS) is 1. The minimum atomic E-state index is -2.85. The Morgan fingerprint density at radius 2 is 2.16 bits per heavy atom. The average Bonchev–Trinajstić information content (AvgIpc) is 2.74. The number of rotatable bonds is 5. The van der Waals surface area contributed by atoms with E-state index in [1.807, 2.05) is 0 Å². The molecule has 0 aliphatic carbocycles. The lowest BCUT2D eigenvalue weighted by Crippen LogP contribution is -2.26. The molecule has 1 aromatic heterocycles. The summed E-state index contributed by atoms with van der Waals surface area (Å²) in [6.07, 6.45) is 4.22. The molecule has 0 amide bonds. The molecule has 0 bridgehead atoms. The van der Waals surface area contributed by atoms with E-state index in [0.717, 1.165) is 0 Å². The van der Waals surface area contributed by atoms with Crippen LogP contribution in [0.2, 0.25) is 0 Å². The van der Waals surface area contributed by atoms with Crippen molar-refractivity contribution in [3.63, 3.8) is 0 Å². The molecule has 1 aliphatic heterocycles. The Bertz CT molecular complexity index is 537. The molecule has 1 saturated heterocycles. The van der Waals surface area contributed by atoms with Crippen LogP contribution in [0.15, 0.2) is 12.4 Å². The Kier molecular flexibility index (Phi) is 4.08. The largest absolute Gasteiger partial charge is 0.490 e. The summed E-state index contributed by atoms with van der Waals surface area (Å²) in [4.78, 5) is 10.5. The van der Waals surface area contributed by atoms with Gasteiger partial charge in [-0.25, -0.2) is 8.42 Å². The van der Waals surface area contributed by atoms with Crippen LogP contribution in [0.1, 0.15) is 12.8 Å². The van der Waals surface area contributed by atoms with Crippen LogP contribution in [0, 0.1) is 5.92 Å². The van der Waals surface area contributed by atoms with Gasteiger partial charge in [-0.3, -0.25) is 9.48 Å². The van der Waals surface area contributed by atoms with Gasteiger partial charge in [0, 0.05) is 0 Å². The molecule has 2 heterocycles. The van der Waals surface area contributed by atoms with Crippen LogP contribution in [0.25, 0.3) is 0 Å². The third-order valence-electron chi connectivity index (χ3n) is 3.07. The highest BCUT2D eigenvalue weighted by Crippen LogP contribution is 2.20. The van der Waals surface area contributed by atoms with E-state index in [1.165, 1.54) is 17.1 Å². The van der Waals surface area contributed by atoms with Crippen LogP contribution in [-0.2, 0) is 21.2 Å². The number of carbonyl (C=O) groups is 1. The van der Waals surface area contributed by atoms with Crippen molar-refractivity contribution in [3.8, 4) is 5.75 Å². The fourth-order valence-electron chi connectivity index (χ4n) is 1.96. The van der Waals surface area contributed by atoms with E-state index in [0.29, 0.717) is 25.2 Å². The molecule has 0 aromatic carbocycles. The van der Waals surface area contributed by atoms with Gasteiger partial charge in [0.15, 0.2) is 5.75 Å². The highest BCUT2D eigenvalue weighted by atomic mass is 32.2. The number of ether oxygens (including phenoxy) is 1. The lowest BCUT2D eigenvalue weighted by Gasteiger charge is -2.21. The van der Waals surface area contributed by atoms with E-state index in [4.69, 9.17) is 9.84 Å². The quantitative estimate of drug-likeness (QED) is 0.829. The second kappa shape index (κ2) is 5.60. The van der Waals surface area contributed by atoms with Crippen molar-refractivity contribution in [1.29, 1.82) is 0 Å². The Morgan fingerprint density at radius 3 is 2.79 bits per heavy atom. The molecule has 0 spiro atoms. The summed E-state index contributed by atoms with van der Waals surface area (Å²) in [5.74, 6) is 0.215. The van der Waals surface area contributed by atoms with Gasteiger partial charge in [0.2, 0.25) is 0 Å². The van der Waals surface area contributed by atoms with E-state index in [1.54, 1.807) is 0 Å². The minimum Gasteiger partial charge on any atom is -0.490 e. The van der Waals surface area contributed by atoms with Gasteiger partial charge in [0.1, 0.15) is 16.4 Å². The number of hydrogen-bond acceptors (Lipinski definition) is 5. The molecule has 1 N–H and O–H groups in total. The monoisotopic (exact) mass is 288 g/mol. The molecule has 1 aromatic rings. The normalized spacial score (nSPS) is 19.2. The molecule has 0 unspecified atom stereocenters. The Hall–Kier alpha value is -1.57. The zero-order valence-electron chi connectivity index (χ0n) is 10.4. The molecule has 1 aliphatic rings. The van der Waals surface area contributed by atoms with E-state index in [2.05, 4.69) is 5.10 Å². The molecular formula is C11H16N2O5S. The zero-order valence-corrected chi connectivity index (χ0v) is 11.2. The maximum atomic E-state index is 11.3. The summed E-state index contributed by atoms with van der Waals surface area (Å²) in [5.41, 5.74) is 0. The molecule has 0 radical (unpaired) electrons. The summed E-state index contributed by atoms with van der Waals surface area (Å²) in [7, 11) is -2.85. The van der Waals surface area contributed by atoms with Crippen molar-refractivity contribution in [1.82, 2.24) is 9.78 Å². The SMILES string of the molecule is O=C(O)Cn1cc(OCC2CCS(=O)(=O)CC2)cn1. The van der Waals surface area contributed by atoms with Crippen LogP contribution >= 0.6 is 0 Å².